The number of fused-ring (bicyclic) bond motifs is 1. The van der Waals surface area contributed by atoms with E-state index >= 15 is 0 Å². The Morgan fingerprint density at radius 3 is 2.94 bits per heavy atom. The number of aliphatic hydroxyl groups is 1. The van der Waals surface area contributed by atoms with E-state index in [9.17, 15) is 5.11 Å². The van der Waals surface area contributed by atoms with Crippen LogP contribution in [0, 0.1) is 5.92 Å². The van der Waals surface area contributed by atoms with Gasteiger partial charge in [-0.3, -0.25) is 0 Å². The van der Waals surface area contributed by atoms with Crippen LogP contribution in [0.4, 0.5) is 0 Å². The summed E-state index contributed by atoms with van der Waals surface area (Å²) in [5, 5.41) is 9.65. The zero-order valence-electron chi connectivity index (χ0n) is 10.6. The Labute approximate surface area is 102 Å². The predicted octanol–water partition coefficient (Wildman–Crippen LogP) is 1.46. The molecule has 3 saturated heterocycles. The summed E-state index contributed by atoms with van der Waals surface area (Å²) >= 11 is 0. The Bertz CT molecular complexity index is 293. The molecule has 1 spiro atoms. The minimum absolute atomic E-state index is 0.119. The molecule has 5 atom stereocenters. The highest BCUT2D eigenvalue weighted by Crippen LogP contribution is 2.46. The lowest BCUT2D eigenvalue weighted by Gasteiger charge is -2.43. The number of hydrogen-bond acceptors (Lipinski definition) is 4. The Morgan fingerprint density at radius 2 is 2.18 bits per heavy atom. The first kappa shape index (κ1) is 11.9. The van der Waals surface area contributed by atoms with Gasteiger partial charge in [-0.05, 0) is 25.2 Å². The molecular weight excluding hydrogens is 220 g/mol. The first-order valence-electron chi connectivity index (χ1n) is 6.72. The van der Waals surface area contributed by atoms with Crippen molar-refractivity contribution < 1.29 is 19.3 Å². The Balaban J connectivity index is 1.71. The van der Waals surface area contributed by atoms with Crippen molar-refractivity contribution in [2.45, 2.75) is 69.7 Å². The minimum Gasteiger partial charge on any atom is -0.367 e. The Kier molecular flexibility index (Phi) is 2.94. The largest absolute Gasteiger partial charge is 0.367 e. The van der Waals surface area contributed by atoms with Gasteiger partial charge in [-0.25, -0.2) is 0 Å². The molecule has 3 unspecified atom stereocenters. The van der Waals surface area contributed by atoms with Crippen LogP contribution in [0.1, 0.15) is 39.5 Å². The van der Waals surface area contributed by atoms with Crippen molar-refractivity contribution in [2.75, 3.05) is 6.61 Å². The fourth-order valence-corrected chi connectivity index (χ4v) is 3.42. The van der Waals surface area contributed by atoms with Gasteiger partial charge in [0, 0.05) is 6.42 Å². The average Bonchev–Trinajstić information content (AvgIpc) is 2.58. The molecular formula is C13H22O4. The second-order valence-corrected chi connectivity index (χ2v) is 6.08. The highest BCUT2D eigenvalue weighted by molar-refractivity contribution is 5.04. The summed E-state index contributed by atoms with van der Waals surface area (Å²) in [6.45, 7) is 4.92. The maximum absolute atomic E-state index is 9.65. The van der Waals surface area contributed by atoms with Crippen molar-refractivity contribution in [2.24, 2.45) is 5.92 Å². The zero-order chi connectivity index (χ0) is 12.0. The molecule has 98 valence electrons. The molecule has 0 aromatic rings. The van der Waals surface area contributed by atoms with Gasteiger partial charge < -0.3 is 19.3 Å². The van der Waals surface area contributed by atoms with Crippen LogP contribution in [-0.4, -0.2) is 41.9 Å². The molecule has 3 rings (SSSR count). The maximum Gasteiger partial charge on any atom is 0.181 e. The van der Waals surface area contributed by atoms with Gasteiger partial charge in [-0.15, -0.1) is 0 Å². The van der Waals surface area contributed by atoms with Crippen LogP contribution in [0.3, 0.4) is 0 Å². The second kappa shape index (κ2) is 4.19. The first-order valence-corrected chi connectivity index (χ1v) is 6.72. The summed E-state index contributed by atoms with van der Waals surface area (Å²) in [5.74, 6) is 0.654. The van der Waals surface area contributed by atoms with E-state index in [0.29, 0.717) is 18.6 Å². The van der Waals surface area contributed by atoms with Crippen LogP contribution in [0.5, 0.6) is 0 Å². The third-order valence-electron chi connectivity index (χ3n) is 4.18. The first-order chi connectivity index (χ1) is 8.09. The van der Waals surface area contributed by atoms with Crippen molar-refractivity contribution in [1.82, 2.24) is 0 Å². The predicted molar refractivity (Wildman–Crippen MR) is 61.5 cm³/mol. The van der Waals surface area contributed by atoms with Crippen LogP contribution in [0.25, 0.3) is 0 Å². The molecule has 0 aromatic carbocycles. The molecule has 3 aliphatic heterocycles. The van der Waals surface area contributed by atoms with Crippen LogP contribution in [0.2, 0.25) is 0 Å². The molecule has 3 fully saturated rings. The van der Waals surface area contributed by atoms with E-state index in [1.165, 1.54) is 0 Å². The monoisotopic (exact) mass is 242 g/mol. The number of ether oxygens (including phenoxy) is 3. The average molecular weight is 242 g/mol. The molecule has 0 aliphatic carbocycles. The van der Waals surface area contributed by atoms with Crippen LogP contribution < -0.4 is 0 Å². The maximum atomic E-state index is 9.65. The van der Waals surface area contributed by atoms with Crippen molar-refractivity contribution >= 4 is 0 Å². The number of aliphatic hydroxyl groups excluding tert-OH is 1. The van der Waals surface area contributed by atoms with E-state index in [4.69, 9.17) is 14.2 Å². The quantitative estimate of drug-likeness (QED) is 0.796. The van der Waals surface area contributed by atoms with Gasteiger partial charge in [0.25, 0.3) is 0 Å². The van der Waals surface area contributed by atoms with E-state index in [1.54, 1.807) is 0 Å². The highest BCUT2D eigenvalue weighted by Gasteiger charge is 2.58. The van der Waals surface area contributed by atoms with Crippen molar-refractivity contribution in [3.8, 4) is 0 Å². The second-order valence-electron chi connectivity index (χ2n) is 6.08. The van der Waals surface area contributed by atoms with Gasteiger partial charge in [-0.1, -0.05) is 13.8 Å². The summed E-state index contributed by atoms with van der Waals surface area (Å²) in [5.41, 5.74) is -0.276. The molecule has 3 aliphatic rings. The van der Waals surface area contributed by atoms with Crippen LogP contribution in [-0.2, 0) is 14.2 Å². The molecule has 0 amide bonds. The normalized spacial score (nSPS) is 49.4. The third kappa shape index (κ3) is 2.01. The van der Waals surface area contributed by atoms with E-state index < -0.39 is 6.29 Å². The van der Waals surface area contributed by atoms with Gasteiger partial charge >= 0.3 is 0 Å². The van der Waals surface area contributed by atoms with Gasteiger partial charge in [-0.2, -0.15) is 0 Å². The fourth-order valence-electron chi connectivity index (χ4n) is 3.42. The van der Waals surface area contributed by atoms with E-state index in [1.807, 2.05) is 0 Å². The molecule has 4 heteroatoms. The van der Waals surface area contributed by atoms with Gasteiger partial charge in [0.2, 0.25) is 0 Å². The summed E-state index contributed by atoms with van der Waals surface area (Å²) in [7, 11) is 0. The molecule has 2 bridgehead atoms. The summed E-state index contributed by atoms with van der Waals surface area (Å²) < 4.78 is 17.5. The highest BCUT2D eigenvalue weighted by atomic mass is 16.7. The number of rotatable bonds is 2. The van der Waals surface area contributed by atoms with Crippen molar-refractivity contribution in [3.05, 3.63) is 0 Å². The topological polar surface area (TPSA) is 47.9 Å². The fraction of sp³-hybridized carbons (Fsp3) is 1.00. The smallest absolute Gasteiger partial charge is 0.181 e. The summed E-state index contributed by atoms with van der Waals surface area (Å²) in [4.78, 5) is 0. The molecule has 0 radical (unpaired) electrons. The lowest BCUT2D eigenvalue weighted by atomic mass is 9.84. The molecule has 4 nitrogen and oxygen atoms in total. The van der Waals surface area contributed by atoms with E-state index in [-0.39, 0.29) is 17.8 Å². The number of hydrogen-bond donors (Lipinski definition) is 1. The zero-order valence-corrected chi connectivity index (χ0v) is 10.6. The molecule has 17 heavy (non-hydrogen) atoms. The van der Waals surface area contributed by atoms with Crippen molar-refractivity contribution in [1.29, 1.82) is 0 Å². The minimum atomic E-state index is -0.765. The summed E-state index contributed by atoms with van der Waals surface area (Å²) in [6.07, 6.45) is 3.47. The lowest BCUT2D eigenvalue weighted by molar-refractivity contribution is -0.223. The van der Waals surface area contributed by atoms with Gasteiger partial charge in [0.05, 0.1) is 18.8 Å². The van der Waals surface area contributed by atoms with E-state index in [2.05, 4.69) is 13.8 Å². The molecule has 1 N–H and O–H groups in total. The Morgan fingerprint density at radius 1 is 1.35 bits per heavy atom. The SMILES string of the molecule is CC(C)CC1CCC2O[C@@H]3CC2(CO[C@H]3O)O1. The molecule has 0 aromatic heterocycles. The Hall–Kier alpha value is -0.160. The molecule has 0 saturated carbocycles. The van der Waals surface area contributed by atoms with Crippen LogP contribution >= 0.6 is 0 Å². The van der Waals surface area contributed by atoms with Crippen LogP contribution in [0.15, 0.2) is 0 Å². The van der Waals surface area contributed by atoms with E-state index in [0.717, 1.165) is 25.7 Å². The van der Waals surface area contributed by atoms with Crippen molar-refractivity contribution in [3.63, 3.8) is 0 Å². The molecule has 3 heterocycles. The third-order valence-corrected chi connectivity index (χ3v) is 4.18. The summed E-state index contributed by atoms with van der Waals surface area (Å²) in [6, 6.07) is 0. The van der Waals surface area contributed by atoms with Gasteiger partial charge in [0.1, 0.15) is 11.7 Å². The standard InChI is InChI=1S/C13H22O4/c1-8(2)5-9-3-4-11-13(17-9)6-10(16-11)12(14)15-7-13/h8-12,14H,3-7H2,1-2H3/t9?,10-,11?,12-,13?/m1/s1. The van der Waals surface area contributed by atoms with Gasteiger partial charge in [0.15, 0.2) is 6.29 Å². The lowest BCUT2D eigenvalue weighted by Crippen LogP contribution is -2.54.